The Morgan fingerprint density at radius 2 is 2.28 bits per heavy atom. The lowest BCUT2D eigenvalue weighted by Crippen LogP contribution is -2.12. The molecule has 1 saturated carbocycles. The van der Waals surface area contributed by atoms with Crippen molar-refractivity contribution in [2.24, 2.45) is 0 Å². The van der Waals surface area contributed by atoms with Crippen LogP contribution in [0.2, 0.25) is 0 Å². The number of rotatable bonds is 3. The van der Waals surface area contributed by atoms with Crippen LogP contribution in [0.5, 0.6) is 0 Å². The Morgan fingerprint density at radius 3 is 3.00 bits per heavy atom. The fourth-order valence-corrected chi connectivity index (χ4v) is 2.77. The maximum atomic E-state index is 12.0. The molecule has 0 radical (unpaired) electrons. The lowest BCUT2D eigenvalue weighted by molar-refractivity contribution is 0.102. The molecule has 6 heteroatoms. The van der Waals surface area contributed by atoms with E-state index in [2.05, 4.69) is 31.2 Å². The number of carbonyl (C=O) groups is 1. The van der Waals surface area contributed by atoms with Crippen LogP contribution in [0.15, 0.2) is 28.3 Å². The monoisotopic (exact) mass is 323 g/mol. The Bertz CT molecular complexity index is 595. The van der Waals surface area contributed by atoms with Gasteiger partial charge in [0, 0.05) is 28.2 Å². The molecule has 0 aromatic carbocycles. The number of aromatic nitrogens is 2. The van der Waals surface area contributed by atoms with Gasteiger partial charge >= 0.3 is 0 Å². The first-order valence-electron chi connectivity index (χ1n) is 5.60. The first-order valence-corrected chi connectivity index (χ1v) is 7.27. The van der Waals surface area contributed by atoms with Crippen molar-refractivity contribution in [2.75, 3.05) is 5.32 Å². The van der Waals surface area contributed by atoms with Crippen molar-refractivity contribution in [1.82, 2.24) is 9.97 Å². The SMILES string of the molecule is O=C(Nc1nc(C2CC2)cs1)c1cncc(Br)c1. The predicted molar refractivity (Wildman–Crippen MR) is 74.0 cm³/mol. The van der Waals surface area contributed by atoms with Crippen LogP contribution in [0.1, 0.15) is 34.8 Å². The second-order valence-corrected chi connectivity index (χ2v) is 5.97. The largest absolute Gasteiger partial charge is 0.298 e. The molecule has 18 heavy (non-hydrogen) atoms. The first kappa shape index (κ1) is 11.8. The maximum absolute atomic E-state index is 12.0. The van der Waals surface area contributed by atoms with Crippen LogP contribution < -0.4 is 5.32 Å². The Kier molecular flexibility index (Phi) is 3.13. The number of nitrogens with one attached hydrogen (secondary N) is 1. The van der Waals surface area contributed by atoms with Crippen LogP contribution in [0.3, 0.4) is 0 Å². The van der Waals surface area contributed by atoms with E-state index in [0.29, 0.717) is 16.6 Å². The van der Waals surface area contributed by atoms with Crippen LogP contribution in [0, 0.1) is 0 Å². The van der Waals surface area contributed by atoms with E-state index in [4.69, 9.17) is 0 Å². The molecular formula is C12H10BrN3OS. The molecule has 1 aliphatic carbocycles. The highest BCUT2D eigenvalue weighted by Crippen LogP contribution is 2.40. The van der Waals surface area contributed by atoms with E-state index in [1.807, 2.05) is 5.38 Å². The molecule has 0 spiro atoms. The van der Waals surface area contributed by atoms with Crippen LogP contribution in [-0.2, 0) is 0 Å². The fraction of sp³-hybridized carbons (Fsp3) is 0.250. The minimum atomic E-state index is -0.180. The third-order valence-corrected chi connectivity index (χ3v) is 3.91. The molecule has 1 N–H and O–H groups in total. The number of amides is 1. The Labute approximate surface area is 117 Å². The van der Waals surface area contributed by atoms with Gasteiger partial charge in [0.1, 0.15) is 0 Å². The standard InChI is InChI=1S/C12H10BrN3OS/c13-9-3-8(4-14-5-9)11(17)16-12-15-10(6-18-12)7-1-2-7/h3-7H,1-2H2,(H,15,16,17). The molecule has 1 aliphatic rings. The second kappa shape index (κ2) is 4.78. The third kappa shape index (κ3) is 2.59. The summed E-state index contributed by atoms with van der Waals surface area (Å²) in [6.07, 6.45) is 5.61. The number of pyridine rings is 1. The zero-order valence-electron chi connectivity index (χ0n) is 9.39. The second-order valence-electron chi connectivity index (χ2n) is 4.20. The molecule has 4 nitrogen and oxygen atoms in total. The topological polar surface area (TPSA) is 54.9 Å². The Hall–Kier alpha value is -1.27. The van der Waals surface area contributed by atoms with E-state index in [0.717, 1.165) is 10.2 Å². The summed E-state index contributed by atoms with van der Waals surface area (Å²) in [7, 11) is 0. The molecule has 0 aliphatic heterocycles. The number of hydrogen-bond acceptors (Lipinski definition) is 4. The molecule has 0 bridgehead atoms. The average Bonchev–Trinajstić information content (AvgIpc) is 3.11. The van der Waals surface area contributed by atoms with Crippen molar-refractivity contribution < 1.29 is 4.79 Å². The van der Waals surface area contributed by atoms with Crippen molar-refractivity contribution in [3.05, 3.63) is 39.6 Å². The van der Waals surface area contributed by atoms with Gasteiger partial charge in [0.15, 0.2) is 5.13 Å². The van der Waals surface area contributed by atoms with Gasteiger partial charge in [-0.05, 0) is 34.8 Å². The number of thiazole rings is 1. The molecule has 1 amide bonds. The smallest absolute Gasteiger partial charge is 0.259 e. The maximum Gasteiger partial charge on any atom is 0.259 e. The van der Waals surface area contributed by atoms with Crippen molar-refractivity contribution >= 4 is 38.3 Å². The molecule has 3 rings (SSSR count). The van der Waals surface area contributed by atoms with Gasteiger partial charge in [-0.25, -0.2) is 4.98 Å². The summed E-state index contributed by atoms with van der Waals surface area (Å²) >= 11 is 4.76. The van der Waals surface area contributed by atoms with E-state index >= 15 is 0 Å². The molecule has 2 aromatic heterocycles. The van der Waals surface area contributed by atoms with E-state index < -0.39 is 0 Å². The summed E-state index contributed by atoms with van der Waals surface area (Å²) in [5.41, 5.74) is 1.62. The summed E-state index contributed by atoms with van der Waals surface area (Å²) in [5.74, 6) is 0.430. The van der Waals surface area contributed by atoms with Gasteiger partial charge in [0.05, 0.1) is 11.3 Å². The number of halogens is 1. The molecule has 92 valence electrons. The van der Waals surface area contributed by atoms with Crippen molar-refractivity contribution in [3.8, 4) is 0 Å². The van der Waals surface area contributed by atoms with Gasteiger partial charge in [0.2, 0.25) is 0 Å². The van der Waals surface area contributed by atoms with E-state index in [9.17, 15) is 4.79 Å². The third-order valence-electron chi connectivity index (χ3n) is 2.71. The minimum Gasteiger partial charge on any atom is -0.298 e. The first-order chi connectivity index (χ1) is 8.72. The Balaban J connectivity index is 1.73. The van der Waals surface area contributed by atoms with Crippen molar-refractivity contribution in [1.29, 1.82) is 0 Å². The van der Waals surface area contributed by atoms with Crippen molar-refractivity contribution in [2.45, 2.75) is 18.8 Å². The summed E-state index contributed by atoms with van der Waals surface area (Å²) in [6.45, 7) is 0. The zero-order valence-corrected chi connectivity index (χ0v) is 11.8. The summed E-state index contributed by atoms with van der Waals surface area (Å²) in [4.78, 5) is 20.3. The number of carbonyl (C=O) groups excluding carboxylic acids is 1. The van der Waals surface area contributed by atoms with Gasteiger partial charge < -0.3 is 0 Å². The van der Waals surface area contributed by atoms with E-state index in [1.165, 1.54) is 30.4 Å². The normalized spacial score (nSPS) is 14.5. The van der Waals surface area contributed by atoms with Crippen LogP contribution in [-0.4, -0.2) is 15.9 Å². The van der Waals surface area contributed by atoms with Gasteiger partial charge in [-0.2, -0.15) is 0 Å². The molecular weight excluding hydrogens is 314 g/mol. The molecule has 0 saturated heterocycles. The lowest BCUT2D eigenvalue weighted by Gasteiger charge is -2.01. The van der Waals surface area contributed by atoms with Crippen LogP contribution in [0.25, 0.3) is 0 Å². The molecule has 0 atom stereocenters. The van der Waals surface area contributed by atoms with Gasteiger partial charge in [-0.3, -0.25) is 15.1 Å². The molecule has 1 fully saturated rings. The Morgan fingerprint density at radius 1 is 1.44 bits per heavy atom. The van der Waals surface area contributed by atoms with Crippen LogP contribution in [0.4, 0.5) is 5.13 Å². The number of anilines is 1. The molecule has 2 heterocycles. The fourth-order valence-electron chi connectivity index (χ4n) is 1.62. The minimum absolute atomic E-state index is 0.180. The van der Waals surface area contributed by atoms with Gasteiger partial charge in [0.25, 0.3) is 5.91 Å². The predicted octanol–water partition coefficient (Wildman–Crippen LogP) is 3.43. The summed E-state index contributed by atoms with van der Waals surface area (Å²) in [6, 6.07) is 1.73. The van der Waals surface area contributed by atoms with E-state index in [1.54, 1.807) is 12.3 Å². The molecule has 0 unspecified atom stereocenters. The summed E-state index contributed by atoms with van der Waals surface area (Å²) in [5, 5.41) is 5.47. The highest BCUT2D eigenvalue weighted by molar-refractivity contribution is 9.10. The van der Waals surface area contributed by atoms with Crippen molar-refractivity contribution in [3.63, 3.8) is 0 Å². The van der Waals surface area contributed by atoms with E-state index in [-0.39, 0.29) is 5.91 Å². The lowest BCUT2D eigenvalue weighted by atomic mass is 10.3. The summed E-state index contributed by atoms with van der Waals surface area (Å²) < 4.78 is 0.785. The van der Waals surface area contributed by atoms with Crippen LogP contribution >= 0.6 is 27.3 Å². The highest BCUT2D eigenvalue weighted by Gasteiger charge is 2.26. The van der Waals surface area contributed by atoms with Gasteiger partial charge in [-0.1, -0.05) is 0 Å². The zero-order chi connectivity index (χ0) is 12.5. The number of hydrogen-bond donors (Lipinski definition) is 1. The number of nitrogens with zero attached hydrogens (tertiary/aromatic N) is 2. The highest BCUT2D eigenvalue weighted by atomic mass is 79.9. The average molecular weight is 324 g/mol. The van der Waals surface area contributed by atoms with Gasteiger partial charge in [-0.15, -0.1) is 11.3 Å². The quantitative estimate of drug-likeness (QED) is 0.941. The molecule has 2 aromatic rings.